The van der Waals surface area contributed by atoms with Crippen molar-refractivity contribution in [1.29, 1.82) is 0 Å². The SMILES string of the molecule is Nc1cc(I)c(F)cc1OCc1ccco1. The van der Waals surface area contributed by atoms with E-state index in [4.69, 9.17) is 14.9 Å². The average molecular weight is 333 g/mol. The minimum absolute atomic E-state index is 0.233. The van der Waals surface area contributed by atoms with Crippen molar-refractivity contribution in [1.82, 2.24) is 0 Å². The van der Waals surface area contributed by atoms with E-state index in [1.165, 1.54) is 12.1 Å². The Hall–Kier alpha value is -1.24. The second-order valence-electron chi connectivity index (χ2n) is 3.17. The van der Waals surface area contributed by atoms with Crippen molar-refractivity contribution < 1.29 is 13.5 Å². The molecule has 0 aliphatic heterocycles. The molecule has 0 aliphatic carbocycles. The van der Waals surface area contributed by atoms with Crippen LogP contribution in [0.25, 0.3) is 0 Å². The van der Waals surface area contributed by atoms with E-state index in [1.807, 2.05) is 22.6 Å². The zero-order valence-corrected chi connectivity index (χ0v) is 10.4. The molecule has 0 fully saturated rings. The summed E-state index contributed by atoms with van der Waals surface area (Å²) in [6.07, 6.45) is 1.55. The maximum Gasteiger partial charge on any atom is 0.146 e. The maximum absolute atomic E-state index is 13.3. The van der Waals surface area contributed by atoms with Gasteiger partial charge in [0.05, 0.1) is 15.5 Å². The highest BCUT2D eigenvalue weighted by Gasteiger charge is 2.07. The molecule has 0 radical (unpaired) electrons. The summed E-state index contributed by atoms with van der Waals surface area (Å²) in [6.45, 7) is 0.233. The van der Waals surface area contributed by atoms with Gasteiger partial charge in [0.15, 0.2) is 0 Å². The molecular weight excluding hydrogens is 324 g/mol. The van der Waals surface area contributed by atoms with Gasteiger partial charge in [-0.2, -0.15) is 0 Å². The Labute approximate surface area is 106 Å². The quantitative estimate of drug-likeness (QED) is 0.693. The fourth-order valence-corrected chi connectivity index (χ4v) is 1.70. The van der Waals surface area contributed by atoms with Gasteiger partial charge in [-0.15, -0.1) is 0 Å². The zero-order chi connectivity index (χ0) is 11.5. The molecule has 5 heteroatoms. The number of nitrogen functional groups attached to an aromatic ring is 1. The van der Waals surface area contributed by atoms with Gasteiger partial charge >= 0.3 is 0 Å². The van der Waals surface area contributed by atoms with Crippen molar-refractivity contribution in [2.75, 3.05) is 5.73 Å². The lowest BCUT2D eigenvalue weighted by atomic mass is 10.3. The van der Waals surface area contributed by atoms with Crippen molar-refractivity contribution in [2.45, 2.75) is 6.61 Å². The molecule has 3 nitrogen and oxygen atoms in total. The van der Waals surface area contributed by atoms with Crippen LogP contribution in [0.5, 0.6) is 5.75 Å². The third-order valence-corrected chi connectivity index (χ3v) is 2.83. The Kier molecular flexibility index (Phi) is 3.33. The number of halogens is 2. The molecule has 84 valence electrons. The summed E-state index contributed by atoms with van der Waals surface area (Å²) in [5.74, 6) is 0.650. The Bertz CT molecular complexity index is 485. The number of ether oxygens (including phenoxy) is 1. The molecule has 2 N–H and O–H groups in total. The number of hydrogen-bond acceptors (Lipinski definition) is 3. The zero-order valence-electron chi connectivity index (χ0n) is 8.24. The first kappa shape index (κ1) is 11.3. The highest BCUT2D eigenvalue weighted by molar-refractivity contribution is 14.1. The van der Waals surface area contributed by atoms with Gasteiger partial charge in [-0.05, 0) is 40.8 Å². The first-order valence-electron chi connectivity index (χ1n) is 4.56. The number of hydrogen-bond donors (Lipinski definition) is 1. The topological polar surface area (TPSA) is 48.4 Å². The predicted molar refractivity (Wildman–Crippen MR) is 66.6 cm³/mol. The second-order valence-corrected chi connectivity index (χ2v) is 4.33. The highest BCUT2D eigenvalue weighted by atomic mass is 127. The standard InChI is InChI=1S/C11H9FINO2/c12-8-4-11(10(14)5-9(8)13)16-6-7-2-1-3-15-7/h1-5H,6,14H2. The summed E-state index contributed by atoms with van der Waals surface area (Å²) in [5, 5.41) is 0. The Balaban J connectivity index is 2.12. The fourth-order valence-electron chi connectivity index (χ4n) is 1.21. The summed E-state index contributed by atoms with van der Waals surface area (Å²) in [6, 6.07) is 6.35. The monoisotopic (exact) mass is 333 g/mol. The molecule has 0 saturated carbocycles. The Morgan fingerprint density at radius 1 is 1.44 bits per heavy atom. The van der Waals surface area contributed by atoms with E-state index in [0.29, 0.717) is 20.8 Å². The van der Waals surface area contributed by atoms with Crippen LogP contribution in [0, 0.1) is 9.39 Å². The maximum atomic E-state index is 13.3. The minimum Gasteiger partial charge on any atom is -0.483 e. The smallest absolute Gasteiger partial charge is 0.146 e. The van der Waals surface area contributed by atoms with Crippen molar-refractivity contribution >= 4 is 28.3 Å². The molecule has 0 atom stereocenters. The van der Waals surface area contributed by atoms with E-state index in [9.17, 15) is 4.39 Å². The molecule has 0 saturated heterocycles. The van der Waals surface area contributed by atoms with Gasteiger partial charge in [0.1, 0.15) is 23.9 Å². The third-order valence-electron chi connectivity index (χ3n) is 2.00. The van der Waals surface area contributed by atoms with E-state index in [0.717, 1.165) is 0 Å². The number of furan rings is 1. The third kappa shape index (κ3) is 2.46. The lowest BCUT2D eigenvalue weighted by Crippen LogP contribution is -1.99. The van der Waals surface area contributed by atoms with Crippen molar-refractivity contribution in [3.8, 4) is 5.75 Å². The molecule has 2 rings (SSSR count). The van der Waals surface area contributed by atoms with Gasteiger partial charge in [0, 0.05) is 6.07 Å². The molecule has 0 spiro atoms. The summed E-state index contributed by atoms with van der Waals surface area (Å²) in [4.78, 5) is 0. The molecule has 2 aromatic rings. The van der Waals surface area contributed by atoms with Crippen LogP contribution in [0.1, 0.15) is 5.76 Å². The lowest BCUT2D eigenvalue weighted by Gasteiger charge is -2.08. The largest absolute Gasteiger partial charge is 0.483 e. The Morgan fingerprint density at radius 3 is 2.94 bits per heavy atom. The van der Waals surface area contributed by atoms with Gasteiger partial charge in [0.2, 0.25) is 0 Å². The van der Waals surface area contributed by atoms with Crippen LogP contribution in [0.4, 0.5) is 10.1 Å². The van der Waals surface area contributed by atoms with Crippen LogP contribution in [0.3, 0.4) is 0 Å². The van der Waals surface area contributed by atoms with Gasteiger partial charge in [0.25, 0.3) is 0 Å². The van der Waals surface area contributed by atoms with E-state index < -0.39 is 0 Å². The lowest BCUT2D eigenvalue weighted by molar-refractivity contribution is 0.270. The van der Waals surface area contributed by atoms with Gasteiger partial charge in [-0.25, -0.2) is 4.39 Å². The summed E-state index contributed by atoms with van der Waals surface area (Å²) in [7, 11) is 0. The van der Waals surface area contributed by atoms with Gasteiger partial charge < -0.3 is 14.9 Å². The number of anilines is 1. The van der Waals surface area contributed by atoms with E-state index in [2.05, 4.69) is 0 Å². The highest BCUT2D eigenvalue weighted by Crippen LogP contribution is 2.26. The van der Waals surface area contributed by atoms with Crippen molar-refractivity contribution in [3.63, 3.8) is 0 Å². The molecule has 0 amide bonds. The summed E-state index contributed by atoms with van der Waals surface area (Å²) < 4.78 is 24.2. The molecule has 1 aromatic heterocycles. The van der Waals surface area contributed by atoms with E-state index in [1.54, 1.807) is 18.4 Å². The Morgan fingerprint density at radius 2 is 2.25 bits per heavy atom. The van der Waals surface area contributed by atoms with Gasteiger partial charge in [-0.1, -0.05) is 0 Å². The number of rotatable bonds is 3. The van der Waals surface area contributed by atoms with Crippen LogP contribution >= 0.6 is 22.6 Å². The van der Waals surface area contributed by atoms with E-state index >= 15 is 0 Å². The molecule has 1 heterocycles. The van der Waals surface area contributed by atoms with Crippen LogP contribution in [0.15, 0.2) is 34.9 Å². The fraction of sp³-hybridized carbons (Fsp3) is 0.0909. The molecule has 16 heavy (non-hydrogen) atoms. The van der Waals surface area contributed by atoms with Crippen LogP contribution in [-0.4, -0.2) is 0 Å². The minimum atomic E-state index is -0.343. The molecule has 1 aromatic carbocycles. The van der Waals surface area contributed by atoms with Crippen LogP contribution in [-0.2, 0) is 6.61 Å². The summed E-state index contributed by atoms with van der Waals surface area (Å²) in [5.41, 5.74) is 6.12. The van der Waals surface area contributed by atoms with Crippen molar-refractivity contribution in [3.05, 3.63) is 45.7 Å². The normalized spacial score (nSPS) is 10.4. The first-order chi connectivity index (χ1) is 7.66. The molecule has 0 unspecified atom stereocenters. The molecule has 0 aliphatic rings. The van der Waals surface area contributed by atoms with Crippen molar-refractivity contribution in [2.24, 2.45) is 0 Å². The average Bonchev–Trinajstić information content (AvgIpc) is 2.74. The van der Waals surface area contributed by atoms with Gasteiger partial charge in [-0.3, -0.25) is 0 Å². The second kappa shape index (κ2) is 4.73. The van der Waals surface area contributed by atoms with Crippen LogP contribution in [0.2, 0.25) is 0 Å². The predicted octanol–water partition coefficient (Wildman–Crippen LogP) is 3.18. The molecule has 0 bridgehead atoms. The van der Waals surface area contributed by atoms with E-state index in [-0.39, 0.29) is 12.4 Å². The summed E-state index contributed by atoms with van der Waals surface area (Å²) >= 11 is 1.88. The van der Waals surface area contributed by atoms with Crippen LogP contribution < -0.4 is 10.5 Å². The number of nitrogens with two attached hydrogens (primary N) is 1. The number of benzene rings is 1. The molecular formula is C11H9FINO2. The first-order valence-corrected chi connectivity index (χ1v) is 5.64.